The van der Waals surface area contributed by atoms with Crippen LogP contribution in [0.2, 0.25) is 0 Å². The SMILES string of the molecule is CCc1ccc(C(=O)OCn2nnc3ccccc3c2=O)cc1. The summed E-state index contributed by atoms with van der Waals surface area (Å²) >= 11 is 0. The van der Waals surface area contributed by atoms with Crippen LogP contribution in [-0.2, 0) is 17.9 Å². The minimum atomic E-state index is -0.505. The molecule has 1 heterocycles. The van der Waals surface area contributed by atoms with Crippen molar-refractivity contribution in [3.05, 3.63) is 70.0 Å². The van der Waals surface area contributed by atoms with E-state index >= 15 is 0 Å². The number of carbonyl (C=O) groups is 1. The molecule has 3 aromatic rings. The van der Waals surface area contributed by atoms with Gasteiger partial charge in [-0.1, -0.05) is 36.4 Å². The third kappa shape index (κ3) is 3.11. The molecular formula is C17H15N3O3. The fraction of sp³-hybridized carbons (Fsp3) is 0.176. The Labute approximate surface area is 132 Å². The lowest BCUT2D eigenvalue weighted by molar-refractivity contribution is 0.0336. The first-order valence-corrected chi connectivity index (χ1v) is 7.27. The van der Waals surface area contributed by atoms with Crippen LogP contribution in [0.1, 0.15) is 22.8 Å². The molecule has 2 aromatic carbocycles. The van der Waals surface area contributed by atoms with Gasteiger partial charge in [0.15, 0.2) is 6.73 Å². The summed E-state index contributed by atoms with van der Waals surface area (Å²) in [6, 6.07) is 14.0. The van der Waals surface area contributed by atoms with Gasteiger partial charge in [-0.25, -0.2) is 4.79 Å². The minimum absolute atomic E-state index is 0.273. The molecule has 6 heteroatoms. The molecule has 0 aliphatic rings. The largest absolute Gasteiger partial charge is 0.439 e. The molecule has 0 fully saturated rings. The van der Waals surface area contributed by atoms with Gasteiger partial charge in [0.2, 0.25) is 0 Å². The van der Waals surface area contributed by atoms with Gasteiger partial charge in [0.1, 0.15) is 5.52 Å². The lowest BCUT2D eigenvalue weighted by atomic mass is 10.1. The van der Waals surface area contributed by atoms with Crippen molar-refractivity contribution in [3.63, 3.8) is 0 Å². The van der Waals surface area contributed by atoms with E-state index in [0.29, 0.717) is 16.5 Å². The molecule has 0 radical (unpaired) electrons. The molecule has 0 bridgehead atoms. The maximum atomic E-state index is 12.2. The fourth-order valence-corrected chi connectivity index (χ4v) is 2.19. The standard InChI is InChI=1S/C17H15N3O3/c1-2-12-7-9-13(10-8-12)17(22)23-11-20-16(21)14-5-3-4-6-15(14)18-19-20/h3-10H,2,11H2,1H3. The van der Waals surface area contributed by atoms with E-state index < -0.39 is 5.97 Å². The van der Waals surface area contributed by atoms with Crippen LogP contribution in [0.3, 0.4) is 0 Å². The van der Waals surface area contributed by atoms with Gasteiger partial charge < -0.3 is 4.74 Å². The first-order chi connectivity index (χ1) is 11.2. The van der Waals surface area contributed by atoms with Crippen LogP contribution in [0.15, 0.2) is 53.3 Å². The predicted octanol–water partition coefficient (Wildman–Crippen LogP) is 2.17. The number of fused-ring (bicyclic) bond motifs is 1. The molecule has 0 atom stereocenters. The highest BCUT2D eigenvalue weighted by Crippen LogP contribution is 2.07. The first kappa shape index (κ1) is 14.9. The van der Waals surface area contributed by atoms with E-state index in [9.17, 15) is 9.59 Å². The number of hydrogen-bond donors (Lipinski definition) is 0. The summed E-state index contributed by atoms with van der Waals surface area (Å²) < 4.78 is 6.17. The number of aromatic nitrogens is 3. The van der Waals surface area contributed by atoms with Crippen molar-refractivity contribution in [1.82, 2.24) is 15.0 Å². The van der Waals surface area contributed by atoms with Gasteiger partial charge in [-0.2, -0.15) is 4.68 Å². The van der Waals surface area contributed by atoms with E-state index in [1.165, 1.54) is 0 Å². The zero-order valence-electron chi connectivity index (χ0n) is 12.6. The third-order valence-corrected chi connectivity index (χ3v) is 3.55. The first-order valence-electron chi connectivity index (χ1n) is 7.27. The molecule has 23 heavy (non-hydrogen) atoms. The topological polar surface area (TPSA) is 74.1 Å². The Morgan fingerprint density at radius 3 is 2.61 bits per heavy atom. The van der Waals surface area contributed by atoms with Crippen molar-refractivity contribution in [2.75, 3.05) is 0 Å². The molecule has 0 saturated heterocycles. The third-order valence-electron chi connectivity index (χ3n) is 3.55. The predicted molar refractivity (Wildman–Crippen MR) is 85.0 cm³/mol. The van der Waals surface area contributed by atoms with Crippen LogP contribution >= 0.6 is 0 Å². The van der Waals surface area contributed by atoms with Crippen molar-refractivity contribution in [3.8, 4) is 0 Å². The molecule has 6 nitrogen and oxygen atoms in total. The van der Waals surface area contributed by atoms with E-state index in [-0.39, 0.29) is 12.3 Å². The summed E-state index contributed by atoms with van der Waals surface area (Å²) in [5, 5.41) is 8.15. The van der Waals surface area contributed by atoms with Crippen molar-refractivity contribution in [1.29, 1.82) is 0 Å². The summed E-state index contributed by atoms with van der Waals surface area (Å²) in [7, 11) is 0. The van der Waals surface area contributed by atoms with E-state index in [4.69, 9.17) is 4.74 Å². The van der Waals surface area contributed by atoms with Crippen molar-refractivity contribution in [2.45, 2.75) is 20.1 Å². The van der Waals surface area contributed by atoms with E-state index in [1.807, 2.05) is 19.1 Å². The van der Waals surface area contributed by atoms with Gasteiger partial charge in [-0.05, 0) is 36.2 Å². The monoisotopic (exact) mass is 309 g/mol. The normalized spacial score (nSPS) is 10.7. The Balaban J connectivity index is 1.76. The fourth-order valence-electron chi connectivity index (χ4n) is 2.19. The average Bonchev–Trinajstić information content (AvgIpc) is 2.61. The second-order valence-electron chi connectivity index (χ2n) is 5.02. The van der Waals surface area contributed by atoms with Crippen LogP contribution in [0.4, 0.5) is 0 Å². The number of ether oxygens (including phenoxy) is 1. The van der Waals surface area contributed by atoms with Crippen LogP contribution in [0.5, 0.6) is 0 Å². The molecule has 3 rings (SSSR count). The molecule has 1 aromatic heterocycles. The molecular weight excluding hydrogens is 294 g/mol. The zero-order valence-corrected chi connectivity index (χ0v) is 12.6. The van der Waals surface area contributed by atoms with Crippen LogP contribution < -0.4 is 5.56 Å². The molecule has 0 aliphatic heterocycles. The summed E-state index contributed by atoms with van der Waals surface area (Å²) in [6.07, 6.45) is 0.900. The number of hydrogen-bond acceptors (Lipinski definition) is 5. The number of benzene rings is 2. The van der Waals surface area contributed by atoms with E-state index in [0.717, 1.165) is 16.7 Å². The van der Waals surface area contributed by atoms with Crippen molar-refractivity contribution < 1.29 is 9.53 Å². The van der Waals surface area contributed by atoms with E-state index in [2.05, 4.69) is 10.3 Å². The summed E-state index contributed by atoms with van der Waals surface area (Å²) in [6.45, 7) is 1.77. The van der Waals surface area contributed by atoms with Gasteiger partial charge >= 0.3 is 5.97 Å². The number of esters is 1. The number of carbonyl (C=O) groups excluding carboxylic acids is 1. The highest BCUT2D eigenvalue weighted by atomic mass is 16.5. The Morgan fingerprint density at radius 1 is 1.13 bits per heavy atom. The number of nitrogens with zero attached hydrogens (tertiary/aromatic N) is 3. The molecule has 116 valence electrons. The molecule has 0 aliphatic carbocycles. The van der Waals surface area contributed by atoms with Gasteiger partial charge in [0.05, 0.1) is 10.9 Å². The molecule has 0 unspecified atom stereocenters. The maximum absolute atomic E-state index is 12.2. The lowest BCUT2D eigenvalue weighted by Crippen LogP contribution is -2.26. The zero-order chi connectivity index (χ0) is 16.2. The van der Waals surface area contributed by atoms with Gasteiger partial charge in [0.25, 0.3) is 5.56 Å². The lowest BCUT2D eigenvalue weighted by Gasteiger charge is -2.07. The second-order valence-corrected chi connectivity index (χ2v) is 5.02. The summed E-state index contributed by atoms with van der Waals surface area (Å²) in [4.78, 5) is 24.2. The highest BCUT2D eigenvalue weighted by molar-refractivity contribution is 5.89. The van der Waals surface area contributed by atoms with Gasteiger partial charge in [-0.3, -0.25) is 4.79 Å². The number of rotatable bonds is 4. The number of aryl methyl sites for hydroxylation is 1. The Morgan fingerprint density at radius 2 is 1.87 bits per heavy atom. The molecule has 0 N–H and O–H groups in total. The van der Waals surface area contributed by atoms with Crippen LogP contribution in [-0.4, -0.2) is 21.0 Å². The van der Waals surface area contributed by atoms with Crippen molar-refractivity contribution in [2.24, 2.45) is 0 Å². The van der Waals surface area contributed by atoms with Crippen LogP contribution in [0.25, 0.3) is 10.9 Å². The highest BCUT2D eigenvalue weighted by Gasteiger charge is 2.10. The Bertz CT molecular complexity index is 901. The summed E-state index contributed by atoms with van der Waals surface area (Å²) in [5.41, 5.74) is 1.74. The van der Waals surface area contributed by atoms with E-state index in [1.54, 1.807) is 36.4 Å². The molecule has 0 spiro atoms. The minimum Gasteiger partial charge on any atom is -0.439 e. The molecule has 0 saturated carbocycles. The molecule has 0 amide bonds. The Hall–Kier alpha value is -3.02. The second kappa shape index (κ2) is 6.39. The van der Waals surface area contributed by atoms with Crippen molar-refractivity contribution >= 4 is 16.9 Å². The summed E-state index contributed by atoms with van der Waals surface area (Å²) in [5.74, 6) is -0.505. The van der Waals surface area contributed by atoms with Gasteiger partial charge in [-0.15, -0.1) is 5.10 Å². The smallest absolute Gasteiger partial charge is 0.339 e. The Kier molecular flexibility index (Phi) is 4.14. The van der Waals surface area contributed by atoms with Gasteiger partial charge in [0, 0.05) is 0 Å². The maximum Gasteiger partial charge on any atom is 0.339 e. The average molecular weight is 309 g/mol. The quantitative estimate of drug-likeness (QED) is 0.691. The van der Waals surface area contributed by atoms with Crippen LogP contribution in [0, 0.1) is 0 Å².